The summed E-state index contributed by atoms with van der Waals surface area (Å²) in [5.41, 5.74) is 0.705. The Kier molecular flexibility index (Phi) is 8.09. The molecule has 0 bridgehead atoms. The van der Waals surface area contributed by atoms with E-state index in [0.717, 1.165) is 16.6 Å². The van der Waals surface area contributed by atoms with Gasteiger partial charge in [0.1, 0.15) is 11.4 Å². The summed E-state index contributed by atoms with van der Waals surface area (Å²) < 4.78 is 5.17. The molecule has 0 unspecified atom stereocenters. The van der Waals surface area contributed by atoms with E-state index in [-0.39, 0.29) is 23.9 Å². The number of aliphatic imine (C=N–C) groups is 1. The molecule has 2 aromatic rings. The van der Waals surface area contributed by atoms with Crippen molar-refractivity contribution < 1.29 is 19.1 Å². The van der Waals surface area contributed by atoms with Crippen molar-refractivity contribution >= 4 is 69.5 Å². The van der Waals surface area contributed by atoms with Gasteiger partial charge < -0.3 is 10.1 Å². The van der Waals surface area contributed by atoms with Gasteiger partial charge in [-0.25, -0.2) is 9.79 Å². The Bertz CT molecular complexity index is 1100. The van der Waals surface area contributed by atoms with Crippen LogP contribution in [0.5, 0.6) is 5.75 Å². The lowest BCUT2D eigenvalue weighted by molar-refractivity contribution is -0.117. The van der Waals surface area contributed by atoms with Crippen molar-refractivity contribution in [3.8, 4) is 5.75 Å². The van der Waals surface area contributed by atoms with E-state index >= 15 is 0 Å². The van der Waals surface area contributed by atoms with Crippen LogP contribution in [0.15, 0.2) is 59.1 Å². The molecule has 0 saturated carbocycles. The Hall–Kier alpha value is -3.08. The molecular formula is C21H19ClN4O4S2. The van der Waals surface area contributed by atoms with Gasteiger partial charge in [0.05, 0.1) is 23.6 Å². The number of nitrogens with one attached hydrogen (secondary N) is 2. The number of hydrogen-bond acceptors (Lipinski definition) is 7. The van der Waals surface area contributed by atoms with E-state index in [4.69, 9.17) is 16.3 Å². The molecule has 2 N–H and O–H groups in total. The SMILES string of the molecule is C=CCNC(=O)NC(=O)CSC1=N/C(=C/c2cccs2)C(=O)N1c1ccc(OC)c(Cl)c1. The first-order chi connectivity index (χ1) is 15.4. The highest BCUT2D eigenvalue weighted by molar-refractivity contribution is 8.14. The van der Waals surface area contributed by atoms with Crippen molar-refractivity contribution in [1.29, 1.82) is 0 Å². The number of ether oxygens (including phenoxy) is 1. The van der Waals surface area contributed by atoms with Crippen molar-refractivity contribution in [3.63, 3.8) is 0 Å². The number of benzene rings is 1. The smallest absolute Gasteiger partial charge is 0.321 e. The fraction of sp³-hybridized carbons (Fsp3) is 0.143. The molecule has 1 aromatic heterocycles. The first kappa shape index (κ1) is 23.6. The zero-order valence-corrected chi connectivity index (χ0v) is 19.4. The number of thiophene rings is 1. The zero-order valence-electron chi connectivity index (χ0n) is 17.0. The van der Waals surface area contributed by atoms with Crippen LogP contribution in [-0.2, 0) is 9.59 Å². The van der Waals surface area contributed by atoms with Gasteiger partial charge in [-0.2, -0.15) is 0 Å². The Morgan fingerprint density at radius 2 is 2.19 bits per heavy atom. The zero-order chi connectivity index (χ0) is 23.1. The molecule has 3 rings (SSSR count). The van der Waals surface area contributed by atoms with Crippen LogP contribution in [0, 0.1) is 0 Å². The molecule has 0 spiro atoms. The van der Waals surface area contributed by atoms with E-state index < -0.39 is 11.9 Å². The third-order valence-electron chi connectivity index (χ3n) is 4.04. The van der Waals surface area contributed by atoms with Crippen molar-refractivity contribution in [2.45, 2.75) is 0 Å². The summed E-state index contributed by atoms with van der Waals surface area (Å²) in [6.45, 7) is 3.72. The number of methoxy groups -OCH3 is 1. The van der Waals surface area contributed by atoms with Gasteiger partial charge in [0.25, 0.3) is 5.91 Å². The standard InChI is InChI=1S/C21H19ClN4O4S2/c1-3-8-23-20(29)25-18(27)12-32-21-24-16(11-14-5-4-9-31-14)19(28)26(21)13-6-7-17(30-2)15(22)10-13/h3-7,9-11H,1,8,12H2,2H3,(H2,23,25,27,29)/b16-11+. The molecule has 1 aromatic carbocycles. The van der Waals surface area contributed by atoms with Gasteiger partial charge >= 0.3 is 6.03 Å². The Labute approximate surface area is 198 Å². The highest BCUT2D eigenvalue weighted by Gasteiger charge is 2.33. The summed E-state index contributed by atoms with van der Waals surface area (Å²) in [6, 6.07) is 8.02. The van der Waals surface area contributed by atoms with Crippen LogP contribution in [-0.4, -0.2) is 42.4 Å². The molecule has 4 amide bonds. The van der Waals surface area contributed by atoms with Crippen molar-refractivity contribution in [2.24, 2.45) is 4.99 Å². The van der Waals surface area contributed by atoms with Crippen molar-refractivity contribution in [2.75, 3.05) is 24.3 Å². The minimum absolute atomic E-state index is 0.125. The molecule has 0 aliphatic carbocycles. The number of imide groups is 1. The number of nitrogens with zero attached hydrogens (tertiary/aromatic N) is 2. The third kappa shape index (κ3) is 5.78. The fourth-order valence-electron chi connectivity index (χ4n) is 2.63. The second-order valence-corrected chi connectivity index (χ2v) is 8.56. The van der Waals surface area contributed by atoms with E-state index in [1.807, 2.05) is 17.5 Å². The Balaban J connectivity index is 1.82. The summed E-state index contributed by atoms with van der Waals surface area (Å²) in [6.07, 6.45) is 3.18. The lowest BCUT2D eigenvalue weighted by Gasteiger charge is -2.18. The third-order valence-corrected chi connectivity index (χ3v) is 6.09. The van der Waals surface area contributed by atoms with Gasteiger partial charge in [-0.1, -0.05) is 35.5 Å². The van der Waals surface area contributed by atoms with Crippen LogP contribution in [0.4, 0.5) is 10.5 Å². The molecule has 0 radical (unpaired) electrons. The monoisotopic (exact) mass is 490 g/mol. The van der Waals surface area contributed by atoms with Crippen LogP contribution in [0.2, 0.25) is 5.02 Å². The Morgan fingerprint density at radius 3 is 2.84 bits per heavy atom. The normalized spacial score (nSPS) is 14.3. The van der Waals surface area contributed by atoms with E-state index in [1.54, 1.807) is 24.3 Å². The number of rotatable bonds is 7. The molecule has 0 saturated heterocycles. The molecule has 0 fully saturated rings. The lowest BCUT2D eigenvalue weighted by Crippen LogP contribution is -2.40. The molecule has 2 heterocycles. The largest absolute Gasteiger partial charge is 0.495 e. The highest BCUT2D eigenvalue weighted by Crippen LogP contribution is 2.34. The first-order valence-corrected chi connectivity index (χ1v) is 11.5. The second kappa shape index (κ2) is 11.0. The molecule has 1 aliphatic heterocycles. The average Bonchev–Trinajstić information content (AvgIpc) is 3.39. The number of halogens is 1. The first-order valence-electron chi connectivity index (χ1n) is 9.26. The molecule has 11 heteroatoms. The number of amides is 4. The highest BCUT2D eigenvalue weighted by atomic mass is 35.5. The molecule has 32 heavy (non-hydrogen) atoms. The molecular weight excluding hydrogens is 472 g/mol. The van der Waals surface area contributed by atoms with E-state index in [9.17, 15) is 14.4 Å². The van der Waals surface area contributed by atoms with Crippen LogP contribution in [0.25, 0.3) is 6.08 Å². The van der Waals surface area contributed by atoms with Gasteiger partial charge in [-0.05, 0) is 35.7 Å². The van der Waals surface area contributed by atoms with Crippen LogP contribution in [0.3, 0.4) is 0 Å². The molecule has 8 nitrogen and oxygen atoms in total. The second-order valence-electron chi connectivity index (χ2n) is 6.23. The minimum Gasteiger partial charge on any atom is -0.495 e. The molecule has 166 valence electrons. The van der Waals surface area contributed by atoms with E-state index in [0.29, 0.717) is 21.6 Å². The molecule has 0 atom stereocenters. The summed E-state index contributed by atoms with van der Waals surface area (Å²) in [7, 11) is 1.50. The molecule has 1 aliphatic rings. The number of anilines is 1. The number of hydrogen-bond donors (Lipinski definition) is 2. The lowest BCUT2D eigenvalue weighted by atomic mass is 10.2. The number of carbonyl (C=O) groups is 3. The maximum absolute atomic E-state index is 13.1. The van der Waals surface area contributed by atoms with Crippen molar-refractivity contribution in [3.05, 3.63) is 64.0 Å². The summed E-state index contributed by atoms with van der Waals surface area (Å²) >= 11 is 8.74. The maximum Gasteiger partial charge on any atom is 0.321 e. The van der Waals surface area contributed by atoms with Crippen LogP contribution < -0.4 is 20.3 Å². The number of carbonyl (C=O) groups excluding carboxylic acids is 3. The topological polar surface area (TPSA) is 100 Å². The van der Waals surface area contributed by atoms with Crippen molar-refractivity contribution in [1.82, 2.24) is 10.6 Å². The summed E-state index contributed by atoms with van der Waals surface area (Å²) in [5, 5.41) is 7.18. The van der Waals surface area contributed by atoms with Crippen LogP contribution >= 0.6 is 34.7 Å². The van der Waals surface area contributed by atoms with E-state index in [2.05, 4.69) is 22.2 Å². The van der Waals surface area contributed by atoms with Gasteiger partial charge in [0.2, 0.25) is 5.91 Å². The number of thioether (sulfide) groups is 1. The Morgan fingerprint density at radius 1 is 1.38 bits per heavy atom. The number of amidine groups is 1. The van der Waals surface area contributed by atoms with Gasteiger partial charge in [0, 0.05) is 11.4 Å². The predicted molar refractivity (Wildman–Crippen MR) is 129 cm³/mol. The van der Waals surface area contributed by atoms with Gasteiger partial charge in [-0.15, -0.1) is 17.9 Å². The summed E-state index contributed by atoms with van der Waals surface area (Å²) in [5.74, 6) is -0.547. The quantitative estimate of drug-likeness (QED) is 0.453. The van der Waals surface area contributed by atoms with Crippen LogP contribution in [0.1, 0.15) is 4.88 Å². The summed E-state index contributed by atoms with van der Waals surface area (Å²) in [4.78, 5) is 43.6. The predicted octanol–water partition coefficient (Wildman–Crippen LogP) is 3.90. The van der Waals surface area contributed by atoms with Gasteiger partial charge in [-0.3, -0.25) is 19.8 Å². The maximum atomic E-state index is 13.1. The minimum atomic E-state index is -0.628. The van der Waals surface area contributed by atoms with Gasteiger partial charge in [0.15, 0.2) is 5.17 Å². The average molecular weight is 491 g/mol. The number of urea groups is 1. The fourth-order valence-corrected chi connectivity index (χ4v) is 4.34. The van der Waals surface area contributed by atoms with E-state index in [1.165, 1.54) is 29.4 Å².